The van der Waals surface area contributed by atoms with Crippen molar-refractivity contribution in [1.82, 2.24) is 0 Å². The van der Waals surface area contributed by atoms with Gasteiger partial charge in [0.15, 0.2) is 5.78 Å². The molecule has 0 amide bonds. The minimum Gasteiger partial charge on any atom is -0.496 e. The third-order valence-electron chi connectivity index (χ3n) is 2.82. The molecule has 104 valence electrons. The van der Waals surface area contributed by atoms with Gasteiger partial charge >= 0.3 is 0 Å². The van der Waals surface area contributed by atoms with Crippen LogP contribution in [-0.4, -0.2) is 18.6 Å². The summed E-state index contributed by atoms with van der Waals surface area (Å²) in [6, 6.07) is 13.1. The fourth-order valence-electron chi connectivity index (χ4n) is 1.81. The zero-order chi connectivity index (χ0) is 14.5. The van der Waals surface area contributed by atoms with E-state index in [2.05, 4.69) is 0 Å². The molecule has 0 heterocycles. The number of benzene rings is 2. The molecule has 0 unspecified atom stereocenters. The Labute approximate surface area is 128 Å². The molecular formula is C16H15ClO2S. The molecule has 0 aliphatic rings. The van der Waals surface area contributed by atoms with Crippen LogP contribution >= 0.6 is 23.4 Å². The molecule has 0 fully saturated rings. The van der Waals surface area contributed by atoms with Crippen molar-refractivity contribution in [3.63, 3.8) is 0 Å². The molecule has 0 aliphatic carbocycles. The second-order valence-electron chi connectivity index (χ2n) is 4.37. The Balaban J connectivity index is 2.09. The topological polar surface area (TPSA) is 26.3 Å². The van der Waals surface area contributed by atoms with Crippen molar-refractivity contribution in [2.75, 3.05) is 12.9 Å². The lowest BCUT2D eigenvalue weighted by molar-refractivity contribution is 0.101. The Morgan fingerprint density at radius 3 is 2.75 bits per heavy atom. The van der Waals surface area contributed by atoms with Gasteiger partial charge in [-0.1, -0.05) is 23.7 Å². The average Bonchev–Trinajstić information content (AvgIpc) is 2.44. The van der Waals surface area contributed by atoms with Crippen LogP contribution in [0.25, 0.3) is 0 Å². The maximum Gasteiger partial charge on any atom is 0.176 e. The first-order valence-electron chi connectivity index (χ1n) is 6.16. The maximum absolute atomic E-state index is 12.3. The molecule has 0 aromatic heterocycles. The third-order valence-corrected chi connectivity index (χ3v) is 4.05. The van der Waals surface area contributed by atoms with E-state index < -0.39 is 0 Å². The van der Waals surface area contributed by atoms with E-state index in [0.29, 0.717) is 22.1 Å². The molecule has 4 heteroatoms. The number of ketones is 1. The molecule has 0 saturated carbocycles. The Bertz CT molecular complexity index is 626. The number of methoxy groups -OCH3 is 1. The highest BCUT2D eigenvalue weighted by Gasteiger charge is 2.12. The lowest BCUT2D eigenvalue weighted by Crippen LogP contribution is -2.05. The van der Waals surface area contributed by atoms with Gasteiger partial charge in [-0.15, -0.1) is 11.8 Å². The van der Waals surface area contributed by atoms with Gasteiger partial charge in [0.05, 0.1) is 18.4 Å². The summed E-state index contributed by atoms with van der Waals surface area (Å²) in [5.41, 5.74) is 1.69. The van der Waals surface area contributed by atoms with Crippen LogP contribution in [0.15, 0.2) is 47.4 Å². The summed E-state index contributed by atoms with van der Waals surface area (Å²) < 4.78 is 5.27. The predicted molar refractivity (Wildman–Crippen MR) is 84.2 cm³/mol. The molecule has 20 heavy (non-hydrogen) atoms. The van der Waals surface area contributed by atoms with E-state index in [1.165, 1.54) is 11.8 Å². The number of hydrogen-bond donors (Lipinski definition) is 0. The largest absolute Gasteiger partial charge is 0.496 e. The first-order chi connectivity index (χ1) is 9.60. The van der Waals surface area contributed by atoms with Gasteiger partial charge in [-0.3, -0.25) is 4.79 Å². The van der Waals surface area contributed by atoms with Crippen LogP contribution in [0, 0.1) is 6.92 Å². The second-order valence-corrected chi connectivity index (χ2v) is 5.86. The normalized spacial score (nSPS) is 10.3. The Hall–Kier alpha value is -1.45. The van der Waals surface area contributed by atoms with Gasteiger partial charge in [-0.25, -0.2) is 0 Å². The summed E-state index contributed by atoms with van der Waals surface area (Å²) in [5, 5.41) is 0.676. The lowest BCUT2D eigenvalue weighted by Gasteiger charge is -2.08. The number of halogens is 1. The van der Waals surface area contributed by atoms with Crippen LogP contribution in [0.1, 0.15) is 15.9 Å². The van der Waals surface area contributed by atoms with E-state index in [-0.39, 0.29) is 5.78 Å². The number of thioether (sulfide) groups is 1. The van der Waals surface area contributed by atoms with E-state index in [1.54, 1.807) is 7.11 Å². The second kappa shape index (κ2) is 6.82. The number of carbonyl (C=O) groups excluding carboxylic acids is 1. The zero-order valence-electron chi connectivity index (χ0n) is 11.4. The number of carbonyl (C=O) groups is 1. The first-order valence-corrected chi connectivity index (χ1v) is 7.52. The van der Waals surface area contributed by atoms with Gasteiger partial charge < -0.3 is 4.74 Å². The summed E-state index contributed by atoms with van der Waals surface area (Å²) in [5.74, 6) is 1.04. The van der Waals surface area contributed by atoms with Crippen LogP contribution in [0.2, 0.25) is 5.02 Å². The molecule has 0 aliphatic heterocycles. The van der Waals surface area contributed by atoms with Gasteiger partial charge in [0.25, 0.3) is 0 Å². The standard InChI is InChI=1S/C16H15ClO2S/c1-11-6-7-14(16(8-11)19-2)15(18)10-20-13-5-3-4-12(17)9-13/h3-9H,10H2,1-2H3. The predicted octanol–water partition coefficient (Wildman–Crippen LogP) is 4.63. The summed E-state index contributed by atoms with van der Waals surface area (Å²) in [6.45, 7) is 1.97. The van der Waals surface area contributed by atoms with E-state index in [4.69, 9.17) is 16.3 Å². The highest BCUT2D eigenvalue weighted by molar-refractivity contribution is 8.00. The highest BCUT2D eigenvalue weighted by atomic mass is 35.5. The summed E-state index contributed by atoms with van der Waals surface area (Å²) in [4.78, 5) is 13.2. The van der Waals surface area contributed by atoms with Crippen molar-refractivity contribution >= 4 is 29.1 Å². The average molecular weight is 307 g/mol. The van der Waals surface area contributed by atoms with Crippen LogP contribution in [0.4, 0.5) is 0 Å². The fourth-order valence-corrected chi connectivity index (χ4v) is 2.91. The van der Waals surface area contributed by atoms with Gasteiger partial charge in [0.1, 0.15) is 5.75 Å². The molecule has 0 saturated heterocycles. The molecule has 2 aromatic carbocycles. The lowest BCUT2D eigenvalue weighted by atomic mass is 10.1. The monoisotopic (exact) mass is 306 g/mol. The van der Waals surface area contributed by atoms with Crippen molar-refractivity contribution in [1.29, 1.82) is 0 Å². The molecule has 2 aromatic rings. The van der Waals surface area contributed by atoms with E-state index in [0.717, 1.165) is 10.5 Å². The molecule has 0 spiro atoms. The van der Waals surface area contributed by atoms with Crippen LogP contribution < -0.4 is 4.74 Å². The van der Waals surface area contributed by atoms with Crippen LogP contribution in [-0.2, 0) is 0 Å². The summed E-state index contributed by atoms with van der Waals surface area (Å²) >= 11 is 7.40. The van der Waals surface area contributed by atoms with Gasteiger partial charge in [0, 0.05) is 9.92 Å². The van der Waals surface area contributed by atoms with E-state index in [9.17, 15) is 4.79 Å². The van der Waals surface area contributed by atoms with Crippen molar-refractivity contribution in [2.45, 2.75) is 11.8 Å². The van der Waals surface area contributed by atoms with Crippen molar-refractivity contribution in [3.05, 3.63) is 58.6 Å². The summed E-state index contributed by atoms with van der Waals surface area (Å²) in [7, 11) is 1.58. The van der Waals surface area contributed by atoms with Crippen LogP contribution in [0.3, 0.4) is 0 Å². The van der Waals surface area contributed by atoms with Crippen molar-refractivity contribution in [2.24, 2.45) is 0 Å². The molecule has 2 nitrogen and oxygen atoms in total. The molecule has 2 rings (SSSR count). The smallest absolute Gasteiger partial charge is 0.176 e. The van der Waals surface area contributed by atoms with E-state index in [1.807, 2.05) is 49.4 Å². The Morgan fingerprint density at radius 1 is 1.25 bits per heavy atom. The van der Waals surface area contributed by atoms with Crippen molar-refractivity contribution < 1.29 is 9.53 Å². The van der Waals surface area contributed by atoms with Crippen LogP contribution in [0.5, 0.6) is 5.75 Å². The molecular weight excluding hydrogens is 292 g/mol. The molecule has 0 bridgehead atoms. The van der Waals surface area contributed by atoms with Gasteiger partial charge in [0.2, 0.25) is 0 Å². The van der Waals surface area contributed by atoms with Crippen molar-refractivity contribution in [3.8, 4) is 5.75 Å². The first kappa shape index (κ1) is 14.9. The third kappa shape index (κ3) is 3.78. The minimum absolute atomic E-state index is 0.0480. The van der Waals surface area contributed by atoms with E-state index >= 15 is 0 Å². The zero-order valence-corrected chi connectivity index (χ0v) is 12.9. The number of Topliss-reactive ketones (excluding diaryl/α,β-unsaturated/α-hetero) is 1. The molecule has 0 N–H and O–H groups in total. The number of ether oxygens (including phenoxy) is 1. The molecule has 0 atom stereocenters. The fraction of sp³-hybridized carbons (Fsp3) is 0.188. The number of aryl methyl sites for hydroxylation is 1. The number of rotatable bonds is 5. The number of hydrogen-bond acceptors (Lipinski definition) is 3. The summed E-state index contributed by atoms with van der Waals surface area (Å²) in [6.07, 6.45) is 0. The maximum atomic E-state index is 12.3. The molecule has 0 radical (unpaired) electrons. The Morgan fingerprint density at radius 2 is 2.05 bits per heavy atom. The van der Waals surface area contributed by atoms with Gasteiger partial charge in [-0.05, 0) is 42.8 Å². The Kier molecular flexibility index (Phi) is 5.10. The minimum atomic E-state index is 0.0480. The highest BCUT2D eigenvalue weighted by Crippen LogP contribution is 2.25. The quantitative estimate of drug-likeness (QED) is 0.595. The SMILES string of the molecule is COc1cc(C)ccc1C(=O)CSc1cccc(Cl)c1. The van der Waals surface area contributed by atoms with Gasteiger partial charge in [-0.2, -0.15) is 0 Å².